The summed E-state index contributed by atoms with van der Waals surface area (Å²) in [5, 5.41) is 0. The largest absolute Gasteiger partial charge is 0.0985 e. The summed E-state index contributed by atoms with van der Waals surface area (Å²) < 4.78 is 0. The normalized spacial score (nSPS) is 7.56. The van der Waals surface area contributed by atoms with Crippen LogP contribution in [0.2, 0.25) is 0 Å². The number of hydrogen-bond acceptors (Lipinski definition) is 0. The van der Waals surface area contributed by atoms with E-state index in [1.807, 2.05) is 36.4 Å². The fourth-order valence-electron chi connectivity index (χ4n) is 0.589. The first-order valence-corrected chi connectivity index (χ1v) is 2.61. The molecule has 0 heterocycles. The second-order valence-corrected chi connectivity index (χ2v) is 1.61. The first-order chi connectivity index (χ1) is 3.93. The van der Waals surface area contributed by atoms with Crippen molar-refractivity contribution in [1.82, 2.24) is 0 Å². The van der Waals surface area contributed by atoms with Crippen LogP contribution < -0.4 is 0 Å². The molecule has 0 nitrogen and oxygen atoms in total. The van der Waals surface area contributed by atoms with Crippen LogP contribution in [-0.2, 0) is 0 Å². The molecule has 0 N–H and O–H groups in total. The fraction of sp³-hybridized carbons (Fsp3) is 0. The third-order valence-corrected chi connectivity index (χ3v) is 1.04. The summed E-state index contributed by atoms with van der Waals surface area (Å²) in [5.74, 6) is 0. The van der Waals surface area contributed by atoms with Crippen LogP contribution in [0.4, 0.5) is 0 Å². The third-order valence-electron chi connectivity index (χ3n) is 1.04. The molecule has 1 heteroatoms. The summed E-state index contributed by atoms with van der Waals surface area (Å²) in [5.41, 5.74) is 1.17. The maximum atomic E-state index is 3.63. The molecule has 1 aromatic carbocycles. The first kappa shape index (κ1) is 8.50. The Morgan fingerprint density at radius 1 is 1.11 bits per heavy atom. The van der Waals surface area contributed by atoms with Gasteiger partial charge in [0.1, 0.15) is 0 Å². The monoisotopic (exact) mass is 178 g/mol. The van der Waals surface area contributed by atoms with Crippen molar-refractivity contribution in [2.24, 2.45) is 0 Å². The van der Waals surface area contributed by atoms with Gasteiger partial charge in [-0.3, -0.25) is 0 Å². The average Bonchev–Trinajstić information content (AvgIpc) is 1.90. The van der Waals surface area contributed by atoms with Gasteiger partial charge in [-0.2, -0.15) is 0 Å². The Bertz CT molecular complexity index is 167. The zero-order chi connectivity index (χ0) is 5.82. The summed E-state index contributed by atoms with van der Waals surface area (Å²) in [6.45, 7) is 3.63. The van der Waals surface area contributed by atoms with Crippen molar-refractivity contribution in [3.8, 4) is 0 Å². The van der Waals surface area contributed by atoms with E-state index in [9.17, 15) is 0 Å². The van der Waals surface area contributed by atoms with E-state index in [1.54, 1.807) is 0 Å². The molecule has 0 aliphatic rings. The van der Waals surface area contributed by atoms with Gasteiger partial charge in [0, 0.05) is 17.6 Å². The predicted molar refractivity (Wildman–Crippen MR) is 42.3 cm³/mol. The Balaban J connectivity index is 0.000000640. The third kappa shape index (κ3) is 2.52. The molecule has 0 amide bonds. The molecule has 0 saturated carbocycles. The van der Waals surface area contributed by atoms with Gasteiger partial charge in [0.05, 0.1) is 0 Å². The summed E-state index contributed by atoms with van der Waals surface area (Å²) in [4.78, 5) is 0. The molecule has 4 radical (unpaired) electrons. The Morgan fingerprint density at radius 3 is 2.00 bits per heavy atom. The standard InChI is InChI=1S/C8H8.Ge/c1-2-8-6-4-3-5-7-8;/h2-7H,1H2;. The molecule has 0 unspecified atom stereocenters. The molecule has 0 atom stereocenters. The minimum Gasteiger partial charge on any atom is -0.0985 e. The van der Waals surface area contributed by atoms with Gasteiger partial charge in [0.15, 0.2) is 0 Å². The number of hydrogen-bond donors (Lipinski definition) is 0. The second kappa shape index (κ2) is 4.39. The van der Waals surface area contributed by atoms with E-state index < -0.39 is 0 Å². The van der Waals surface area contributed by atoms with Gasteiger partial charge < -0.3 is 0 Å². The summed E-state index contributed by atoms with van der Waals surface area (Å²) >= 11 is 0. The Hall–Kier alpha value is -0.497. The molecule has 0 bridgehead atoms. The van der Waals surface area contributed by atoms with Crippen molar-refractivity contribution >= 4 is 23.7 Å². The molecule has 0 aliphatic carbocycles. The van der Waals surface area contributed by atoms with Crippen LogP contribution in [0.25, 0.3) is 6.08 Å². The van der Waals surface area contributed by atoms with E-state index >= 15 is 0 Å². The Kier molecular flexibility index (Phi) is 4.15. The maximum absolute atomic E-state index is 3.63. The molecule has 0 spiro atoms. The van der Waals surface area contributed by atoms with Crippen molar-refractivity contribution in [1.29, 1.82) is 0 Å². The molecular formula is C8H8Ge. The van der Waals surface area contributed by atoms with Crippen LogP contribution in [0.5, 0.6) is 0 Å². The van der Waals surface area contributed by atoms with Crippen molar-refractivity contribution in [2.75, 3.05) is 0 Å². The van der Waals surface area contributed by atoms with Crippen molar-refractivity contribution < 1.29 is 0 Å². The Morgan fingerprint density at radius 2 is 1.67 bits per heavy atom. The van der Waals surface area contributed by atoms with Crippen LogP contribution in [0.15, 0.2) is 36.9 Å². The van der Waals surface area contributed by atoms with E-state index in [1.165, 1.54) is 5.56 Å². The smallest absolute Gasteiger partial charge is 0 e. The van der Waals surface area contributed by atoms with E-state index in [0.717, 1.165) is 0 Å². The average molecular weight is 177 g/mol. The fourth-order valence-corrected chi connectivity index (χ4v) is 0.589. The summed E-state index contributed by atoms with van der Waals surface area (Å²) in [7, 11) is 0. The first-order valence-electron chi connectivity index (χ1n) is 2.61. The zero-order valence-corrected chi connectivity index (χ0v) is 7.27. The minimum atomic E-state index is 0. The molecule has 9 heavy (non-hydrogen) atoms. The quantitative estimate of drug-likeness (QED) is 0.574. The molecule has 1 rings (SSSR count). The van der Waals surface area contributed by atoms with Crippen molar-refractivity contribution in [3.63, 3.8) is 0 Å². The van der Waals surface area contributed by atoms with Crippen molar-refractivity contribution in [3.05, 3.63) is 42.5 Å². The molecule has 44 valence electrons. The van der Waals surface area contributed by atoms with Crippen LogP contribution in [0.3, 0.4) is 0 Å². The van der Waals surface area contributed by atoms with E-state index in [0.29, 0.717) is 0 Å². The van der Waals surface area contributed by atoms with E-state index in [-0.39, 0.29) is 17.6 Å². The molecular weight excluding hydrogens is 169 g/mol. The SMILES string of the molecule is C=Cc1ccccc1.[Ge]. The summed E-state index contributed by atoms with van der Waals surface area (Å²) in [6, 6.07) is 10.0. The summed E-state index contributed by atoms with van der Waals surface area (Å²) in [6.07, 6.45) is 1.83. The minimum absolute atomic E-state index is 0. The molecule has 0 aliphatic heterocycles. The van der Waals surface area contributed by atoms with Gasteiger partial charge in [-0.25, -0.2) is 0 Å². The van der Waals surface area contributed by atoms with Crippen molar-refractivity contribution in [2.45, 2.75) is 0 Å². The molecule has 1 aromatic rings. The molecule has 0 aromatic heterocycles. The second-order valence-electron chi connectivity index (χ2n) is 1.61. The van der Waals surface area contributed by atoms with Gasteiger partial charge >= 0.3 is 0 Å². The van der Waals surface area contributed by atoms with Gasteiger partial charge in [-0.15, -0.1) is 0 Å². The van der Waals surface area contributed by atoms with Gasteiger partial charge in [0.2, 0.25) is 0 Å². The predicted octanol–water partition coefficient (Wildman–Crippen LogP) is 1.95. The van der Waals surface area contributed by atoms with Crippen LogP contribution in [0, 0.1) is 0 Å². The number of rotatable bonds is 1. The topological polar surface area (TPSA) is 0 Å². The molecule has 0 saturated heterocycles. The van der Waals surface area contributed by atoms with E-state index in [2.05, 4.69) is 6.58 Å². The van der Waals surface area contributed by atoms with Crippen LogP contribution in [-0.4, -0.2) is 17.6 Å². The van der Waals surface area contributed by atoms with Gasteiger partial charge in [-0.05, 0) is 5.56 Å². The number of benzene rings is 1. The van der Waals surface area contributed by atoms with Crippen LogP contribution >= 0.6 is 0 Å². The molecule has 0 fully saturated rings. The van der Waals surface area contributed by atoms with Gasteiger partial charge in [-0.1, -0.05) is 43.0 Å². The maximum Gasteiger partial charge on any atom is 0 e. The van der Waals surface area contributed by atoms with Gasteiger partial charge in [0.25, 0.3) is 0 Å². The van der Waals surface area contributed by atoms with E-state index in [4.69, 9.17) is 0 Å². The Labute approximate surface area is 66.6 Å². The van der Waals surface area contributed by atoms with Crippen LogP contribution in [0.1, 0.15) is 5.56 Å². The zero-order valence-electron chi connectivity index (χ0n) is 5.17.